The van der Waals surface area contributed by atoms with Crippen molar-refractivity contribution < 1.29 is 0 Å². The molecular weight excluding hydrogens is 256 g/mol. The zero-order chi connectivity index (χ0) is 13.4. The van der Waals surface area contributed by atoms with Crippen molar-refractivity contribution in [2.75, 3.05) is 19.6 Å². The van der Waals surface area contributed by atoms with E-state index in [2.05, 4.69) is 36.2 Å². The minimum atomic E-state index is 0.421. The van der Waals surface area contributed by atoms with Gasteiger partial charge in [-0.05, 0) is 49.9 Å². The molecule has 4 atom stereocenters. The average molecular weight is 279 g/mol. The standard InChI is InChI=1S/C16H23ClN2/c1-3-16-14-9-18-8-12(14)10-19(16)11(2)13-6-4-5-7-15(13)17/h4-7,11-12,14,16,18H,3,8-10H2,1-2H3. The van der Waals surface area contributed by atoms with Crippen molar-refractivity contribution in [3.63, 3.8) is 0 Å². The number of halogens is 1. The van der Waals surface area contributed by atoms with E-state index in [1.165, 1.54) is 31.6 Å². The summed E-state index contributed by atoms with van der Waals surface area (Å²) in [6.07, 6.45) is 1.23. The molecule has 0 saturated carbocycles. The van der Waals surface area contributed by atoms with E-state index in [4.69, 9.17) is 11.6 Å². The number of likely N-dealkylation sites (tertiary alicyclic amines) is 1. The number of nitrogens with one attached hydrogen (secondary N) is 1. The van der Waals surface area contributed by atoms with Gasteiger partial charge >= 0.3 is 0 Å². The van der Waals surface area contributed by atoms with Gasteiger partial charge in [-0.1, -0.05) is 36.7 Å². The minimum Gasteiger partial charge on any atom is -0.316 e. The van der Waals surface area contributed by atoms with Gasteiger partial charge < -0.3 is 5.32 Å². The maximum Gasteiger partial charge on any atom is 0.0453 e. The van der Waals surface area contributed by atoms with Crippen LogP contribution < -0.4 is 5.32 Å². The van der Waals surface area contributed by atoms with Gasteiger partial charge in [-0.2, -0.15) is 0 Å². The molecule has 0 amide bonds. The second kappa shape index (κ2) is 5.43. The zero-order valence-corrected chi connectivity index (χ0v) is 12.5. The molecule has 2 aliphatic rings. The largest absolute Gasteiger partial charge is 0.316 e. The van der Waals surface area contributed by atoms with E-state index in [1.807, 2.05) is 12.1 Å². The molecule has 1 aromatic rings. The molecule has 104 valence electrons. The summed E-state index contributed by atoms with van der Waals surface area (Å²) in [7, 11) is 0. The molecule has 2 aliphatic heterocycles. The van der Waals surface area contributed by atoms with E-state index in [0.717, 1.165) is 16.9 Å². The van der Waals surface area contributed by atoms with E-state index in [1.54, 1.807) is 0 Å². The predicted molar refractivity (Wildman–Crippen MR) is 80.5 cm³/mol. The molecule has 0 aromatic heterocycles. The number of benzene rings is 1. The van der Waals surface area contributed by atoms with Gasteiger partial charge in [0.15, 0.2) is 0 Å². The Bertz CT molecular complexity index is 448. The van der Waals surface area contributed by atoms with Crippen molar-refractivity contribution in [3.8, 4) is 0 Å². The molecule has 3 heteroatoms. The van der Waals surface area contributed by atoms with Crippen LogP contribution in [0, 0.1) is 11.8 Å². The lowest BCUT2D eigenvalue weighted by Crippen LogP contribution is -2.37. The van der Waals surface area contributed by atoms with Gasteiger partial charge in [-0.15, -0.1) is 0 Å². The van der Waals surface area contributed by atoms with E-state index in [-0.39, 0.29) is 0 Å². The van der Waals surface area contributed by atoms with Crippen molar-refractivity contribution in [2.24, 2.45) is 11.8 Å². The Morgan fingerprint density at radius 1 is 1.37 bits per heavy atom. The van der Waals surface area contributed by atoms with Crippen LogP contribution in [-0.4, -0.2) is 30.6 Å². The third-order valence-electron chi connectivity index (χ3n) is 5.03. The monoisotopic (exact) mass is 278 g/mol. The van der Waals surface area contributed by atoms with Crippen molar-refractivity contribution in [3.05, 3.63) is 34.9 Å². The summed E-state index contributed by atoms with van der Waals surface area (Å²) in [6.45, 7) is 8.21. The first-order valence-corrected chi connectivity index (χ1v) is 7.81. The average Bonchev–Trinajstić information content (AvgIpc) is 2.98. The van der Waals surface area contributed by atoms with Gasteiger partial charge in [0.1, 0.15) is 0 Å². The molecule has 0 spiro atoms. The summed E-state index contributed by atoms with van der Waals surface area (Å²) in [5.41, 5.74) is 1.27. The molecule has 0 radical (unpaired) electrons. The Hall–Kier alpha value is -0.570. The molecule has 2 saturated heterocycles. The molecule has 1 N–H and O–H groups in total. The second-order valence-corrected chi connectivity index (χ2v) is 6.36. The fourth-order valence-electron chi connectivity index (χ4n) is 4.03. The Kier molecular flexibility index (Phi) is 3.84. The van der Waals surface area contributed by atoms with Crippen LogP contribution >= 0.6 is 11.6 Å². The molecule has 0 aliphatic carbocycles. The Labute approximate surface area is 121 Å². The SMILES string of the molecule is CCC1C2CNCC2CN1C(C)c1ccccc1Cl. The van der Waals surface area contributed by atoms with Gasteiger partial charge in [-0.3, -0.25) is 4.90 Å². The maximum atomic E-state index is 6.37. The molecule has 3 rings (SSSR count). The number of hydrogen-bond donors (Lipinski definition) is 1. The minimum absolute atomic E-state index is 0.421. The Morgan fingerprint density at radius 2 is 2.16 bits per heavy atom. The second-order valence-electron chi connectivity index (χ2n) is 5.95. The highest BCUT2D eigenvalue weighted by Gasteiger charge is 2.44. The van der Waals surface area contributed by atoms with Crippen LogP contribution in [0.3, 0.4) is 0 Å². The van der Waals surface area contributed by atoms with Crippen LogP contribution in [0.4, 0.5) is 0 Å². The van der Waals surface area contributed by atoms with Crippen LogP contribution in [0.1, 0.15) is 31.9 Å². The normalized spacial score (nSPS) is 32.5. The first-order valence-electron chi connectivity index (χ1n) is 7.43. The topological polar surface area (TPSA) is 15.3 Å². The lowest BCUT2D eigenvalue weighted by atomic mass is 9.92. The van der Waals surface area contributed by atoms with Gasteiger partial charge in [0, 0.05) is 23.7 Å². The van der Waals surface area contributed by atoms with Crippen LogP contribution in [-0.2, 0) is 0 Å². The van der Waals surface area contributed by atoms with Gasteiger partial charge in [0.25, 0.3) is 0 Å². The van der Waals surface area contributed by atoms with Gasteiger partial charge in [0.05, 0.1) is 0 Å². The summed E-state index contributed by atoms with van der Waals surface area (Å²) < 4.78 is 0. The number of rotatable bonds is 3. The van der Waals surface area contributed by atoms with Crippen LogP contribution in [0.5, 0.6) is 0 Å². The van der Waals surface area contributed by atoms with Crippen LogP contribution in [0.2, 0.25) is 5.02 Å². The smallest absolute Gasteiger partial charge is 0.0453 e. The number of hydrogen-bond acceptors (Lipinski definition) is 2. The zero-order valence-electron chi connectivity index (χ0n) is 11.8. The highest BCUT2D eigenvalue weighted by molar-refractivity contribution is 6.31. The first-order chi connectivity index (χ1) is 9.22. The quantitative estimate of drug-likeness (QED) is 0.912. The number of fused-ring (bicyclic) bond motifs is 1. The summed E-state index contributed by atoms with van der Waals surface area (Å²) in [6, 6.07) is 9.41. The van der Waals surface area contributed by atoms with E-state index >= 15 is 0 Å². The van der Waals surface area contributed by atoms with Crippen molar-refractivity contribution in [2.45, 2.75) is 32.4 Å². The van der Waals surface area contributed by atoms with Crippen molar-refractivity contribution in [1.82, 2.24) is 10.2 Å². The Morgan fingerprint density at radius 3 is 2.89 bits per heavy atom. The molecule has 4 unspecified atom stereocenters. The highest BCUT2D eigenvalue weighted by Crippen LogP contribution is 2.40. The third kappa shape index (κ3) is 2.31. The first kappa shape index (κ1) is 13.4. The van der Waals surface area contributed by atoms with E-state index < -0.39 is 0 Å². The fraction of sp³-hybridized carbons (Fsp3) is 0.625. The lowest BCUT2D eigenvalue weighted by molar-refractivity contribution is 0.165. The summed E-state index contributed by atoms with van der Waals surface area (Å²) in [4.78, 5) is 2.68. The fourth-order valence-corrected chi connectivity index (χ4v) is 4.32. The lowest BCUT2D eigenvalue weighted by Gasteiger charge is -2.33. The van der Waals surface area contributed by atoms with Crippen molar-refractivity contribution >= 4 is 11.6 Å². The molecule has 2 fully saturated rings. The van der Waals surface area contributed by atoms with Crippen molar-refractivity contribution in [1.29, 1.82) is 0 Å². The van der Waals surface area contributed by atoms with E-state index in [0.29, 0.717) is 12.1 Å². The molecular formula is C16H23ClN2. The maximum absolute atomic E-state index is 6.37. The van der Waals surface area contributed by atoms with E-state index in [9.17, 15) is 0 Å². The van der Waals surface area contributed by atoms with Gasteiger partial charge in [0.2, 0.25) is 0 Å². The molecule has 0 bridgehead atoms. The summed E-state index contributed by atoms with van der Waals surface area (Å²) in [5.74, 6) is 1.66. The molecule has 2 heterocycles. The molecule has 1 aromatic carbocycles. The Balaban J connectivity index is 1.84. The number of nitrogens with zero attached hydrogens (tertiary/aromatic N) is 1. The summed E-state index contributed by atoms with van der Waals surface area (Å²) in [5, 5.41) is 4.45. The molecule has 2 nitrogen and oxygen atoms in total. The third-order valence-corrected chi connectivity index (χ3v) is 5.37. The van der Waals surface area contributed by atoms with Crippen LogP contribution in [0.25, 0.3) is 0 Å². The molecule has 19 heavy (non-hydrogen) atoms. The van der Waals surface area contributed by atoms with Crippen LogP contribution in [0.15, 0.2) is 24.3 Å². The van der Waals surface area contributed by atoms with Gasteiger partial charge in [-0.25, -0.2) is 0 Å². The summed E-state index contributed by atoms with van der Waals surface area (Å²) >= 11 is 6.37. The predicted octanol–water partition coefficient (Wildman–Crippen LogP) is 3.33. The highest BCUT2D eigenvalue weighted by atomic mass is 35.5.